The number of aromatic carboxylic acids is 1. The first-order valence-corrected chi connectivity index (χ1v) is 13.6. The summed E-state index contributed by atoms with van der Waals surface area (Å²) in [7, 11) is 0. The van der Waals surface area contributed by atoms with E-state index in [0.717, 1.165) is 48.0 Å². The lowest BCUT2D eigenvalue weighted by Gasteiger charge is -2.25. The van der Waals surface area contributed by atoms with Crippen molar-refractivity contribution in [3.63, 3.8) is 0 Å². The van der Waals surface area contributed by atoms with Gasteiger partial charge in [0.15, 0.2) is 0 Å². The van der Waals surface area contributed by atoms with Crippen molar-refractivity contribution in [1.82, 2.24) is 29.8 Å². The SMILES string of the molecule is NC(=O)C(Cc1ncc[nH]1)NC(=O)c1ccc2cc(-c3nc4cc(C(=O)O)ccc4n3C3CCCCC3)ccc2n1. The molecule has 1 unspecified atom stereocenters. The van der Waals surface area contributed by atoms with Crippen LogP contribution in [-0.4, -0.2) is 53.4 Å². The van der Waals surface area contributed by atoms with E-state index in [1.165, 1.54) is 6.42 Å². The van der Waals surface area contributed by atoms with Gasteiger partial charge in [-0.3, -0.25) is 9.59 Å². The molecule has 41 heavy (non-hydrogen) atoms. The summed E-state index contributed by atoms with van der Waals surface area (Å²) in [6, 6.07) is 13.6. The summed E-state index contributed by atoms with van der Waals surface area (Å²) in [5.41, 5.74) is 8.92. The van der Waals surface area contributed by atoms with Crippen LogP contribution in [0.25, 0.3) is 33.3 Å². The minimum absolute atomic E-state index is 0.140. The number of hydrogen-bond acceptors (Lipinski definition) is 6. The molecule has 1 fully saturated rings. The van der Waals surface area contributed by atoms with Gasteiger partial charge in [0.1, 0.15) is 23.4 Å². The van der Waals surface area contributed by atoms with Crippen molar-refractivity contribution in [2.75, 3.05) is 0 Å². The molecule has 2 aromatic carbocycles. The summed E-state index contributed by atoms with van der Waals surface area (Å²) >= 11 is 0. The van der Waals surface area contributed by atoms with Crippen molar-refractivity contribution in [3.8, 4) is 11.4 Å². The first-order chi connectivity index (χ1) is 19.9. The Morgan fingerprint density at radius 2 is 1.85 bits per heavy atom. The zero-order chi connectivity index (χ0) is 28.5. The second-order valence-electron chi connectivity index (χ2n) is 10.4. The number of carbonyl (C=O) groups excluding carboxylic acids is 2. The van der Waals surface area contributed by atoms with E-state index in [0.29, 0.717) is 16.9 Å². The molecule has 5 aromatic rings. The first kappa shape index (κ1) is 26.2. The van der Waals surface area contributed by atoms with Crippen molar-refractivity contribution < 1.29 is 19.5 Å². The van der Waals surface area contributed by atoms with Crippen molar-refractivity contribution in [3.05, 3.63) is 78.0 Å². The lowest BCUT2D eigenvalue weighted by molar-refractivity contribution is -0.119. The first-order valence-electron chi connectivity index (χ1n) is 13.6. The molecule has 0 bridgehead atoms. The Balaban J connectivity index is 1.32. The average molecular weight is 552 g/mol. The number of nitrogens with one attached hydrogen (secondary N) is 2. The zero-order valence-corrected chi connectivity index (χ0v) is 22.2. The molecule has 0 spiro atoms. The quantitative estimate of drug-likeness (QED) is 0.226. The smallest absolute Gasteiger partial charge is 0.335 e. The van der Waals surface area contributed by atoms with E-state index in [1.807, 2.05) is 30.3 Å². The second-order valence-corrected chi connectivity index (χ2v) is 10.4. The third kappa shape index (κ3) is 5.25. The molecule has 3 aromatic heterocycles. The molecule has 6 rings (SSSR count). The van der Waals surface area contributed by atoms with Gasteiger partial charge in [-0.05, 0) is 55.3 Å². The second kappa shape index (κ2) is 10.8. The predicted molar refractivity (Wildman–Crippen MR) is 152 cm³/mol. The number of carboxylic acids is 1. The van der Waals surface area contributed by atoms with Gasteiger partial charge in [0.05, 0.1) is 22.1 Å². The summed E-state index contributed by atoms with van der Waals surface area (Å²) in [6.07, 6.45) is 8.90. The molecule has 3 heterocycles. The van der Waals surface area contributed by atoms with Crippen LogP contribution in [0.15, 0.2) is 60.9 Å². The fraction of sp³-hybridized carbons (Fsp3) is 0.267. The largest absolute Gasteiger partial charge is 0.478 e. The average Bonchev–Trinajstić information content (AvgIpc) is 3.64. The summed E-state index contributed by atoms with van der Waals surface area (Å²) in [5, 5.41) is 13.0. The standard InChI is InChI=1S/C30H29N7O4/c31-27(38)24(16-26-32-12-13-33-26)36-29(39)22-10-6-17-14-18(7-9-21(17)34-22)28-35-23-15-19(30(40)41)8-11-25(23)37(28)20-4-2-1-3-5-20/h6-15,20,24H,1-5,16H2,(H2,31,38)(H,32,33)(H,36,39)(H,40,41). The Kier molecular flexibility index (Phi) is 6.92. The summed E-state index contributed by atoms with van der Waals surface area (Å²) in [6.45, 7) is 0. The minimum atomic E-state index is -0.986. The van der Waals surface area contributed by atoms with E-state index in [2.05, 4.69) is 24.8 Å². The molecule has 2 amide bonds. The number of nitrogens with two attached hydrogens (primary N) is 1. The Morgan fingerprint density at radius 3 is 2.59 bits per heavy atom. The molecular weight excluding hydrogens is 522 g/mol. The number of nitrogens with zero attached hydrogens (tertiary/aromatic N) is 4. The molecule has 1 aliphatic carbocycles. The van der Waals surface area contributed by atoms with E-state index in [-0.39, 0.29) is 23.7 Å². The van der Waals surface area contributed by atoms with Crippen LogP contribution in [0.3, 0.4) is 0 Å². The third-order valence-corrected chi connectivity index (χ3v) is 7.66. The van der Waals surface area contributed by atoms with Crippen LogP contribution >= 0.6 is 0 Å². The number of hydrogen-bond donors (Lipinski definition) is 4. The van der Waals surface area contributed by atoms with Crippen LogP contribution in [0.5, 0.6) is 0 Å². The maximum atomic E-state index is 12.9. The summed E-state index contributed by atoms with van der Waals surface area (Å²) < 4.78 is 2.25. The highest BCUT2D eigenvalue weighted by Crippen LogP contribution is 2.36. The number of H-pyrrole nitrogens is 1. The highest BCUT2D eigenvalue weighted by molar-refractivity contribution is 5.98. The van der Waals surface area contributed by atoms with Gasteiger partial charge in [-0.2, -0.15) is 0 Å². The van der Waals surface area contributed by atoms with Gasteiger partial charge in [0, 0.05) is 35.8 Å². The molecule has 1 saturated carbocycles. The van der Waals surface area contributed by atoms with Crippen LogP contribution in [-0.2, 0) is 11.2 Å². The third-order valence-electron chi connectivity index (χ3n) is 7.66. The normalized spacial score (nSPS) is 14.7. The Hall–Kier alpha value is -5.06. The summed E-state index contributed by atoms with van der Waals surface area (Å²) in [4.78, 5) is 52.9. The fourth-order valence-electron chi connectivity index (χ4n) is 5.59. The van der Waals surface area contributed by atoms with E-state index >= 15 is 0 Å². The molecule has 5 N–H and O–H groups in total. The monoisotopic (exact) mass is 551 g/mol. The topological polar surface area (TPSA) is 169 Å². The van der Waals surface area contributed by atoms with Crippen LogP contribution in [0.1, 0.15) is 64.8 Å². The molecule has 1 atom stereocenters. The highest BCUT2D eigenvalue weighted by atomic mass is 16.4. The van der Waals surface area contributed by atoms with Gasteiger partial charge in [0.25, 0.3) is 5.91 Å². The summed E-state index contributed by atoms with van der Waals surface area (Å²) in [5.74, 6) is -0.858. The molecule has 0 radical (unpaired) electrons. The lowest BCUT2D eigenvalue weighted by atomic mass is 9.94. The predicted octanol–water partition coefficient (Wildman–Crippen LogP) is 4.00. The van der Waals surface area contributed by atoms with Gasteiger partial charge in [-0.25, -0.2) is 19.7 Å². The molecule has 0 aliphatic heterocycles. The number of pyridine rings is 1. The van der Waals surface area contributed by atoms with Crippen LogP contribution < -0.4 is 11.1 Å². The van der Waals surface area contributed by atoms with Crippen molar-refractivity contribution in [1.29, 1.82) is 0 Å². The number of rotatable bonds is 8. The van der Waals surface area contributed by atoms with E-state index in [9.17, 15) is 19.5 Å². The van der Waals surface area contributed by atoms with Gasteiger partial charge in [0.2, 0.25) is 5.91 Å². The Labute approximate surface area is 234 Å². The van der Waals surface area contributed by atoms with Crippen molar-refractivity contribution in [2.24, 2.45) is 5.73 Å². The van der Waals surface area contributed by atoms with E-state index < -0.39 is 23.8 Å². The number of amides is 2. The Bertz CT molecular complexity index is 1770. The van der Waals surface area contributed by atoms with E-state index in [1.54, 1.807) is 30.6 Å². The Morgan fingerprint density at radius 1 is 1.02 bits per heavy atom. The van der Waals surface area contributed by atoms with Gasteiger partial charge < -0.3 is 25.7 Å². The molecule has 1 aliphatic rings. The number of carboxylic acid groups (broad SMARTS) is 1. The maximum Gasteiger partial charge on any atom is 0.335 e. The van der Waals surface area contributed by atoms with Crippen molar-refractivity contribution >= 4 is 39.7 Å². The van der Waals surface area contributed by atoms with Crippen LogP contribution in [0.4, 0.5) is 0 Å². The van der Waals surface area contributed by atoms with Gasteiger partial charge in [-0.1, -0.05) is 25.3 Å². The lowest BCUT2D eigenvalue weighted by Crippen LogP contribution is -2.46. The highest BCUT2D eigenvalue weighted by Gasteiger charge is 2.24. The van der Waals surface area contributed by atoms with Gasteiger partial charge >= 0.3 is 5.97 Å². The minimum Gasteiger partial charge on any atom is -0.478 e. The van der Waals surface area contributed by atoms with Crippen LogP contribution in [0.2, 0.25) is 0 Å². The number of imidazole rings is 2. The number of aromatic nitrogens is 5. The number of benzene rings is 2. The number of fused-ring (bicyclic) bond motifs is 2. The van der Waals surface area contributed by atoms with Crippen LogP contribution in [0, 0.1) is 0 Å². The van der Waals surface area contributed by atoms with Gasteiger partial charge in [-0.15, -0.1) is 0 Å². The maximum absolute atomic E-state index is 12.9. The molecule has 11 nitrogen and oxygen atoms in total. The number of aromatic amines is 1. The molecular formula is C30H29N7O4. The zero-order valence-electron chi connectivity index (χ0n) is 22.2. The number of carbonyl (C=O) groups is 3. The fourth-order valence-corrected chi connectivity index (χ4v) is 5.59. The number of primary amides is 1. The van der Waals surface area contributed by atoms with Crippen molar-refractivity contribution in [2.45, 2.75) is 50.6 Å². The van der Waals surface area contributed by atoms with E-state index in [4.69, 9.17) is 10.7 Å². The molecule has 208 valence electrons. The molecule has 0 saturated heterocycles. The molecule has 11 heteroatoms.